The molecule has 2 nitrogen and oxygen atoms in total. The molecule has 2 aromatic rings. The number of halogens is 2. The molecule has 4 heteroatoms. The van der Waals surface area contributed by atoms with Gasteiger partial charge in [0.25, 0.3) is 0 Å². The van der Waals surface area contributed by atoms with Crippen molar-refractivity contribution in [1.29, 1.82) is 0 Å². The van der Waals surface area contributed by atoms with Crippen LogP contribution in [0, 0.1) is 16.3 Å². The van der Waals surface area contributed by atoms with Crippen molar-refractivity contribution < 1.29 is 9.13 Å². The summed E-state index contributed by atoms with van der Waals surface area (Å²) in [5.41, 5.74) is 7.08. The van der Waals surface area contributed by atoms with Crippen molar-refractivity contribution in [2.45, 2.75) is 19.9 Å². The van der Waals surface area contributed by atoms with E-state index in [-0.39, 0.29) is 11.9 Å². The highest BCUT2D eigenvalue weighted by Gasteiger charge is 2.13. The Balaban J connectivity index is 2.41. The zero-order chi connectivity index (χ0) is 14.0. The summed E-state index contributed by atoms with van der Waals surface area (Å²) < 4.78 is 20.5. The van der Waals surface area contributed by atoms with Crippen molar-refractivity contribution >= 4 is 22.6 Å². The van der Waals surface area contributed by atoms with E-state index >= 15 is 0 Å². The lowest BCUT2D eigenvalue weighted by molar-refractivity contribution is 0.468. The van der Waals surface area contributed by atoms with Gasteiger partial charge in [0.2, 0.25) is 0 Å². The highest BCUT2D eigenvalue weighted by atomic mass is 127. The van der Waals surface area contributed by atoms with Crippen molar-refractivity contribution in [2.75, 3.05) is 0 Å². The molecule has 0 aliphatic heterocycles. The van der Waals surface area contributed by atoms with Gasteiger partial charge in [0, 0.05) is 15.2 Å². The fraction of sp³-hybridized carbons (Fsp3) is 0.200. The first-order chi connectivity index (χ1) is 8.97. The third-order valence-corrected chi connectivity index (χ3v) is 3.48. The van der Waals surface area contributed by atoms with Crippen molar-refractivity contribution in [3.8, 4) is 11.5 Å². The lowest BCUT2D eigenvalue weighted by Crippen LogP contribution is -2.08. The standard InChI is InChI=1S/C15H15FINO/c1-9-6-15(13(10(2)18)8-14(9)16)19-12-5-3-4-11(17)7-12/h3-8,10H,18H2,1-2H3/t10-/m1/s1. The zero-order valence-electron chi connectivity index (χ0n) is 10.8. The molecule has 0 fully saturated rings. The molecule has 0 aliphatic carbocycles. The highest BCUT2D eigenvalue weighted by Crippen LogP contribution is 2.31. The molecule has 0 aromatic heterocycles. The number of rotatable bonds is 3. The van der Waals surface area contributed by atoms with Crippen molar-refractivity contribution in [3.63, 3.8) is 0 Å². The average Bonchev–Trinajstić information content (AvgIpc) is 2.33. The third kappa shape index (κ3) is 3.45. The predicted octanol–water partition coefficient (Wildman–Crippen LogP) is 4.55. The second-order valence-corrected chi connectivity index (χ2v) is 5.73. The van der Waals surface area contributed by atoms with Gasteiger partial charge in [-0.15, -0.1) is 0 Å². The molecule has 1 atom stereocenters. The molecule has 0 bridgehead atoms. The SMILES string of the molecule is Cc1cc(Oc2cccc(I)c2)c([C@@H](C)N)cc1F. The van der Waals surface area contributed by atoms with Gasteiger partial charge in [-0.25, -0.2) is 4.39 Å². The van der Waals surface area contributed by atoms with E-state index in [0.29, 0.717) is 16.9 Å². The van der Waals surface area contributed by atoms with E-state index in [9.17, 15) is 4.39 Å². The minimum absolute atomic E-state index is 0.262. The maximum atomic E-state index is 13.6. The van der Waals surface area contributed by atoms with Gasteiger partial charge >= 0.3 is 0 Å². The Hall–Kier alpha value is -1.14. The third-order valence-electron chi connectivity index (χ3n) is 2.81. The Bertz CT molecular complexity index is 599. The van der Waals surface area contributed by atoms with Gasteiger partial charge in [-0.3, -0.25) is 0 Å². The summed E-state index contributed by atoms with van der Waals surface area (Å²) in [7, 11) is 0. The van der Waals surface area contributed by atoms with Crippen LogP contribution in [0.2, 0.25) is 0 Å². The Morgan fingerprint density at radius 3 is 2.63 bits per heavy atom. The maximum Gasteiger partial charge on any atom is 0.132 e. The first-order valence-corrected chi connectivity index (χ1v) is 7.04. The van der Waals surface area contributed by atoms with Gasteiger partial charge in [0.15, 0.2) is 0 Å². The fourth-order valence-electron chi connectivity index (χ4n) is 1.77. The van der Waals surface area contributed by atoms with Gasteiger partial charge in [-0.1, -0.05) is 6.07 Å². The van der Waals surface area contributed by atoms with Crippen LogP contribution in [-0.4, -0.2) is 0 Å². The van der Waals surface area contributed by atoms with Crippen LogP contribution in [-0.2, 0) is 0 Å². The molecule has 0 radical (unpaired) electrons. The summed E-state index contributed by atoms with van der Waals surface area (Å²) in [4.78, 5) is 0. The van der Waals surface area contributed by atoms with E-state index < -0.39 is 0 Å². The monoisotopic (exact) mass is 371 g/mol. The van der Waals surface area contributed by atoms with E-state index in [1.165, 1.54) is 6.07 Å². The van der Waals surface area contributed by atoms with Crippen LogP contribution >= 0.6 is 22.6 Å². The summed E-state index contributed by atoms with van der Waals surface area (Å²) in [6.45, 7) is 3.52. The van der Waals surface area contributed by atoms with Crippen molar-refractivity contribution in [2.24, 2.45) is 5.73 Å². The van der Waals surface area contributed by atoms with Gasteiger partial charge < -0.3 is 10.5 Å². The lowest BCUT2D eigenvalue weighted by Gasteiger charge is -2.15. The van der Waals surface area contributed by atoms with E-state index in [0.717, 1.165) is 9.32 Å². The van der Waals surface area contributed by atoms with Crippen LogP contribution in [0.15, 0.2) is 36.4 Å². The molecule has 2 aromatic carbocycles. The van der Waals surface area contributed by atoms with Crippen LogP contribution in [0.5, 0.6) is 11.5 Å². The number of nitrogens with two attached hydrogens (primary N) is 1. The first-order valence-electron chi connectivity index (χ1n) is 5.96. The second-order valence-electron chi connectivity index (χ2n) is 4.49. The maximum absolute atomic E-state index is 13.6. The van der Waals surface area contributed by atoms with Crippen LogP contribution in [0.25, 0.3) is 0 Å². The van der Waals surface area contributed by atoms with Crippen LogP contribution in [0.1, 0.15) is 24.1 Å². The zero-order valence-corrected chi connectivity index (χ0v) is 12.9. The van der Waals surface area contributed by atoms with E-state index in [2.05, 4.69) is 22.6 Å². The number of benzene rings is 2. The molecule has 0 spiro atoms. The summed E-state index contributed by atoms with van der Waals surface area (Å²) in [5.74, 6) is 1.07. The van der Waals surface area contributed by atoms with Crippen molar-refractivity contribution in [3.05, 3.63) is 56.9 Å². The Morgan fingerprint density at radius 2 is 2.00 bits per heavy atom. The number of aryl methyl sites for hydroxylation is 1. The summed E-state index contributed by atoms with van der Waals surface area (Å²) in [6, 6.07) is 10.5. The Morgan fingerprint density at radius 1 is 1.26 bits per heavy atom. The number of hydrogen-bond acceptors (Lipinski definition) is 2. The highest BCUT2D eigenvalue weighted by molar-refractivity contribution is 14.1. The van der Waals surface area contributed by atoms with Gasteiger partial charge in [0.05, 0.1) is 0 Å². The molecule has 19 heavy (non-hydrogen) atoms. The average molecular weight is 371 g/mol. The van der Waals surface area contributed by atoms with Gasteiger partial charge in [0.1, 0.15) is 17.3 Å². The molecule has 0 saturated carbocycles. The minimum Gasteiger partial charge on any atom is -0.457 e. The van der Waals surface area contributed by atoms with Crippen LogP contribution < -0.4 is 10.5 Å². The molecular formula is C15H15FINO. The fourth-order valence-corrected chi connectivity index (χ4v) is 2.29. The summed E-state index contributed by atoms with van der Waals surface area (Å²) in [5, 5.41) is 0. The largest absolute Gasteiger partial charge is 0.457 e. The Labute approximate surface area is 125 Å². The van der Waals surface area contributed by atoms with Gasteiger partial charge in [-0.2, -0.15) is 0 Å². The Kier molecular flexibility index (Phi) is 4.42. The number of ether oxygens (including phenoxy) is 1. The first kappa shape index (κ1) is 14.3. The minimum atomic E-state index is -0.284. The molecular weight excluding hydrogens is 356 g/mol. The molecule has 0 unspecified atom stereocenters. The summed E-state index contributed by atoms with van der Waals surface area (Å²) >= 11 is 2.22. The molecule has 0 aliphatic rings. The van der Waals surface area contributed by atoms with Crippen LogP contribution in [0.3, 0.4) is 0 Å². The lowest BCUT2D eigenvalue weighted by atomic mass is 10.1. The quantitative estimate of drug-likeness (QED) is 0.804. The smallest absolute Gasteiger partial charge is 0.132 e. The molecule has 2 N–H and O–H groups in total. The van der Waals surface area contributed by atoms with E-state index in [4.69, 9.17) is 10.5 Å². The molecule has 100 valence electrons. The van der Waals surface area contributed by atoms with E-state index in [1.807, 2.05) is 31.2 Å². The van der Waals surface area contributed by atoms with Crippen molar-refractivity contribution in [1.82, 2.24) is 0 Å². The second kappa shape index (κ2) is 5.88. The van der Waals surface area contributed by atoms with Crippen LogP contribution in [0.4, 0.5) is 4.39 Å². The number of hydrogen-bond donors (Lipinski definition) is 1. The van der Waals surface area contributed by atoms with E-state index in [1.54, 1.807) is 13.0 Å². The topological polar surface area (TPSA) is 35.2 Å². The molecule has 0 saturated heterocycles. The predicted molar refractivity (Wildman–Crippen MR) is 83.0 cm³/mol. The normalized spacial score (nSPS) is 12.3. The molecule has 0 amide bonds. The molecule has 0 heterocycles. The molecule has 2 rings (SSSR count). The summed E-state index contributed by atoms with van der Waals surface area (Å²) in [6.07, 6.45) is 0. The van der Waals surface area contributed by atoms with Gasteiger partial charge in [-0.05, 0) is 72.3 Å².